The zero-order chi connectivity index (χ0) is 19.8. The van der Waals surface area contributed by atoms with Crippen LogP contribution >= 0.6 is 0 Å². The standard InChI is InChI=1S/C22H28N4O3/c1-2-8-26-9-5-17-21(24-14-23-17)22(26)6-10-25(11-7-22)20(27)13-16-3-4-18-19(12-16)29-15-28-18/h3-4,12,14H,2,5-11,13,15H2,1H3,(H,23,24). The fourth-order valence-corrected chi connectivity index (χ4v) is 5.14. The molecule has 5 rings (SSSR count). The van der Waals surface area contributed by atoms with Crippen LogP contribution in [-0.4, -0.2) is 58.6 Å². The molecule has 154 valence electrons. The highest BCUT2D eigenvalue weighted by Crippen LogP contribution is 2.42. The maximum absolute atomic E-state index is 13.0. The topological polar surface area (TPSA) is 70.7 Å². The normalized spacial score (nSPS) is 20.1. The minimum Gasteiger partial charge on any atom is -0.454 e. The summed E-state index contributed by atoms with van der Waals surface area (Å²) in [5.74, 6) is 1.67. The first kappa shape index (κ1) is 18.5. The Balaban J connectivity index is 1.29. The number of carbonyl (C=O) groups excluding carboxylic acids is 1. The third kappa shape index (κ3) is 3.17. The smallest absolute Gasteiger partial charge is 0.231 e. The molecule has 0 aliphatic carbocycles. The van der Waals surface area contributed by atoms with Crippen molar-refractivity contribution in [2.45, 2.75) is 44.6 Å². The molecule has 29 heavy (non-hydrogen) atoms. The maximum atomic E-state index is 13.0. The van der Waals surface area contributed by atoms with Crippen molar-refractivity contribution in [3.05, 3.63) is 41.5 Å². The van der Waals surface area contributed by atoms with Gasteiger partial charge < -0.3 is 19.4 Å². The predicted molar refractivity (Wildman–Crippen MR) is 108 cm³/mol. The number of benzene rings is 1. The van der Waals surface area contributed by atoms with Crippen LogP contribution in [0.5, 0.6) is 11.5 Å². The molecule has 4 heterocycles. The van der Waals surface area contributed by atoms with E-state index in [4.69, 9.17) is 14.5 Å². The Morgan fingerprint density at radius 3 is 2.86 bits per heavy atom. The number of hydrogen-bond donors (Lipinski definition) is 1. The highest BCUT2D eigenvalue weighted by atomic mass is 16.7. The number of fused-ring (bicyclic) bond motifs is 3. The van der Waals surface area contributed by atoms with Gasteiger partial charge in [-0.25, -0.2) is 4.98 Å². The SMILES string of the molecule is CCCN1CCc2[nH]cnc2C12CCN(C(=O)Cc1ccc3c(c1)OCO3)CC2. The zero-order valence-corrected chi connectivity index (χ0v) is 16.9. The Morgan fingerprint density at radius 1 is 1.21 bits per heavy atom. The lowest BCUT2D eigenvalue weighted by atomic mass is 9.78. The fraction of sp³-hybridized carbons (Fsp3) is 0.545. The van der Waals surface area contributed by atoms with Crippen LogP contribution in [0.15, 0.2) is 24.5 Å². The molecule has 1 aromatic carbocycles. The molecule has 2 aromatic rings. The van der Waals surface area contributed by atoms with Crippen molar-refractivity contribution in [2.75, 3.05) is 33.0 Å². The monoisotopic (exact) mass is 396 g/mol. The first-order chi connectivity index (χ1) is 14.2. The summed E-state index contributed by atoms with van der Waals surface area (Å²) in [5, 5.41) is 0. The minimum absolute atomic E-state index is 0.0286. The van der Waals surface area contributed by atoms with Gasteiger partial charge in [0.25, 0.3) is 0 Å². The van der Waals surface area contributed by atoms with Gasteiger partial charge in [0.05, 0.1) is 24.0 Å². The van der Waals surface area contributed by atoms with E-state index in [0.717, 1.165) is 68.9 Å². The number of nitrogens with zero attached hydrogens (tertiary/aromatic N) is 3. The number of H-pyrrole nitrogens is 1. The molecule has 1 fully saturated rings. The van der Waals surface area contributed by atoms with E-state index < -0.39 is 0 Å². The Morgan fingerprint density at radius 2 is 2.03 bits per heavy atom. The number of amides is 1. The van der Waals surface area contributed by atoms with Gasteiger partial charge in [-0.2, -0.15) is 0 Å². The van der Waals surface area contributed by atoms with E-state index in [1.807, 2.05) is 29.4 Å². The van der Waals surface area contributed by atoms with E-state index in [0.29, 0.717) is 6.42 Å². The van der Waals surface area contributed by atoms with Crippen molar-refractivity contribution in [1.29, 1.82) is 0 Å². The molecule has 1 N–H and O–H groups in total. The number of hydrogen-bond acceptors (Lipinski definition) is 5. The molecule has 3 aliphatic heterocycles. The molecule has 0 radical (unpaired) electrons. The lowest BCUT2D eigenvalue weighted by molar-refractivity contribution is -0.133. The van der Waals surface area contributed by atoms with Gasteiger partial charge in [0.2, 0.25) is 12.7 Å². The van der Waals surface area contributed by atoms with Crippen molar-refractivity contribution in [3.8, 4) is 11.5 Å². The summed E-state index contributed by atoms with van der Waals surface area (Å²) in [7, 11) is 0. The Kier molecular flexibility index (Phi) is 4.70. The molecule has 7 heteroatoms. The summed E-state index contributed by atoms with van der Waals surface area (Å²) in [6.45, 7) is 6.18. The van der Waals surface area contributed by atoms with Crippen LogP contribution in [0.4, 0.5) is 0 Å². The van der Waals surface area contributed by atoms with Crippen molar-refractivity contribution < 1.29 is 14.3 Å². The summed E-state index contributed by atoms with van der Waals surface area (Å²) in [6.07, 6.45) is 6.28. The second-order valence-electron chi connectivity index (χ2n) is 8.24. The number of nitrogens with one attached hydrogen (secondary N) is 1. The van der Waals surface area contributed by atoms with Crippen LogP contribution in [0.25, 0.3) is 0 Å². The number of rotatable bonds is 4. The van der Waals surface area contributed by atoms with Crippen LogP contribution < -0.4 is 9.47 Å². The number of ether oxygens (including phenoxy) is 2. The minimum atomic E-state index is -0.0286. The van der Waals surface area contributed by atoms with E-state index >= 15 is 0 Å². The molecule has 0 saturated carbocycles. The third-order valence-electron chi connectivity index (χ3n) is 6.63. The van der Waals surface area contributed by atoms with Crippen LogP contribution in [0, 0.1) is 0 Å². The van der Waals surface area contributed by atoms with Gasteiger partial charge in [-0.15, -0.1) is 0 Å². The molecular weight excluding hydrogens is 368 g/mol. The average Bonchev–Trinajstić information content (AvgIpc) is 3.40. The predicted octanol–water partition coefficient (Wildman–Crippen LogP) is 2.47. The van der Waals surface area contributed by atoms with Gasteiger partial charge >= 0.3 is 0 Å². The van der Waals surface area contributed by atoms with E-state index in [2.05, 4.69) is 16.8 Å². The molecule has 0 unspecified atom stereocenters. The zero-order valence-electron chi connectivity index (χ0n) is 16.9. The molecule has 1 saturated heterocycles. The average molecular weight is 396 g/mol. The number of aromatic nitrogens is 2. The summed E-state index contributed by atoms with van der Waals surface area (Å²) in [5.41, 5.74) is 3.43. The molecule has 0 bridgehead atoms. The van der Waals surface area contributed by atoms with E-state index in [1.54, 1.807) is 0 Å². The van der Waals surface area contributed by atoms with Crippen molar-refractivity contribution in [2.24, 2.45) is 0 Å². The number of likely N-dealkylation sites (tertiary alicyclic amines) is 1. The van der Waals surface area contributed by atoms with Gasteiger partial charge in [0, 0.05) is 31.7 Å². The highest BCUT2D eigenvalue weighted by Gasteiger charge is 2.46. The second-order valence-corrected chi connectivity index (χ2v) is 8.24. The summed E-state index contributed by atoms with van der Waals surface area (Å²) >= 11 is 0. The Labute approximate surface area is 171 Å². The van der Waals surface area contributed by atoms with Gasteiger partial charge in [-0.3, -0.25) is 9.69 Å². The van der Waals surface area contributed by atoms with Gasteiger partial charge in [0.1, 0.15) is 0 Å². The molecule has 1 spiro atoms. The Hall–Kier alpha value is -2.54. The van der Waals surface area contributed by atoms with E-state index in [-0.39, 0.29) is 18.2 Å². The van der Waals surface area contributed by atoms with Crippen molar-refractivity contribution >= 4 is 5.91 Å². The van der Waals surface area contributed by atoms with Gasteiger partial charge in [-0.05, 0) is 43.5 Å². The first-order valence-corrected chi connectivity index (χ1v) is 10.6. The molecular formula is C22H28N4O3. The first-order valence-electron chi connectivity index (χ1n) is 10.6. The third-order valence-corrected chi connectivity index (χ3v) is 6.63. The van der Waals surface area contributed by atoms with Gasteiger partial charge in [0.15, 0.2) is 11.5 Å². The molecule has 1 aromatic heterocycles. The van der Waals surface area contributed by atoms with Crippen LogP contribution in [0.3, 0.4) is 0 Å². The van der Waals surface area contributed by atoms with E-state index in [1.165, 1.54) is 11.4 Å². The molecule has 1 amide bonds. The van der Waals surface area contributed by atoms with Crippen LogP contribution in [0.2, 0.25) is 0 Å². The van der Waals surface area contributed by atoms with Crippen molar-refractivity contribution in [1.82, 2.24) is 19.8 Å². The molecule has 3 aliphatic rings. The van der Waals surface area contributed by atoms with Crippen LogP contribution in [-0.2, 0) is 23.2 Å². The number of aromatic amines is 1. The molecule has 7 nitrogen and oxygen atoms in total. The summed E-state index contributed by atoms with van der Waals surface area (Å²) in [6, 6.07) is 5.77. The second kappa shape index (κ2) is 7.37. The van der Waals surface area contributed by atoms with E-state index in [9.17, 15) is 4.79 Å². The largest absolute Gasteiger partial charge is 0.454 e. The lowest BCUT2D eigenvalue weighted by Crippen LogP contribution is -2.57. The molecule has 0 atom stereocenters. The summed E-state index contributed by atoms with van der Waals surface area (Å²) < 4.78 is 10.8. The number of imidazole rings is 1. The van der Waals surface area contributed by atoms with Gasteiger partial charge in [-0.1, -0.05) is 13.0 Å². The fourth-order valence-electron chi connectivity index (χ4n) is 5.14. The van der Waals surface area contributed by atoms with Crippen LogP contribution in [0.1, 0.15) is 43.1 Å². The van der Waals surface area contributed by atoms with Crippen molar-refractivity contribution in [3.63, 3.8) is 0 Å². The quantitative estimate of drug-likeness (QED) is 0.860. The summed E-state index contributed by atoms with van der Waals surface area (Å²) in [4.78, 5) is 25.6. The Bertz CT molecular complexity index is 901. The number of carbonyl (C=O) groups is 1. The maximum Gasteiger partial charge on any atom is 0.231 e. The lowest BCUT2D eigenvalue weighted by Gasteiger charge is -2.50. The number of piperidine rings is 1. The highest BCUT2D eigenvalue weighted by molar-refractivity contribution is 5.79.